The molecule has 0 unspecified atom stereocenters. The molecule has 0 heterocycles. The molecule has 0 rings (SSSR count). The van der Waals surface area contributed by atoms with Crippen LogP contribution in [0.1, 0.15) is 47.5 Å². The highest BCUT2D eigenvalue weighted by atomic mass is 16.4. The lowest BCUT2D eigenvalue weighted by atomic mass is 10.3. The first-order valence-corrected chi connectivity index (χ1v) is 4.88. The van der Waals surface area contributed by atoms with Crippen LogP contribution in [0.2, 0.25) is 0 Å². The summed E-state index contributed by atoms with van der Waals surface area (Å²) in [6, 6.07) is 0. The van der Waals surface area contributed by atoms with Crippen LogP contribution in [-0.2, 0) is 4.79 Å². The molecule has 0 aliphatic rings. The number of carboxylic acids is 1. The first-order chi connectivity index (χ1) is 6.40. The summed E-state index contributed by atoms with van der Waals surface area (Å²) in [5, 5.41) is 8.12. The monoisotopic (exact) mass is 198 g/mol. The molecule has 0 aromatic rings. The Morgan fingerprint density at radius 2 is 1.50 bits per heavy atom. The van der Waals surface area contributed by atoms with Crippen LogP contribution in [0.5, 0.6) is 0 Å². The quantitative estimate of drug-likeness (QED) is 0.700. The minimum absolute atomic E-state index is 0.141. The van der Waals surface area contributed by atoms with Crippen molar-refractivity contribution in [1.29, 1.82) is 0 Å². The molecule has 0 aliphatic heterocycles. The van der Waals surface area contributed by atoms with Crippen LogP contribution < -0.4 is 0 Å². The van der Waals surface area contributed by atoms with Crippen LogP contribution in [-0.4, -0.2) is 11.1 Å². The van der Waals surface area contributed by atoms with Crippen molar-refractivity contribution in [3.8, 4) is 0 Å². The number of aliphatic carboxylic acids is 1. The van der Waals surface area contributed by atoms with Crippen LogP contribution in [0.25, 0.3) is 0 Å². The minimum Gasteiger partial charge on any atom is -0.481 e. The number of allylic oxidation sites excluding steroid dienone is 3. The highest BCUT2D eigenvalue weighted by molar-refractivity contribution is 5.68. The largest absolute Gasteiger partial charge is 0.481 e. The lowest BCUT2D eigenvalue weighted by Gasteiger charge is -1.84. The van der Waals surface area contributed by atoms with Gasteiger partial charge in [0, 0.05) is 0 Å². The van der Waals surface area contributed by atoms with Gasteiger partial charge in [-0.1, -0.05) is 30.2 Å². The van der Waals surface area contributed by atoms with Gasteiger partial charge in [-0.15, -0.1) is 0 Å². The van der Waals surface area contributed by atoms with E-state index in [1.165, 1.54) is 12.0 Å². The molecule has 0 spiro atoms. The highest BCUT2D eigenvalue weighted by Gasteiger charge is 1.88. The topological polar surface area (TPSA) is 37.3 Å². The van der Waals surface area contributed by atoms with Gasteiger partial charge in [0.2, 0.25) is 0 Å². The van der Waals surface area contributed by atoms with Gasteiger partial charge < -0.3 is 5.11 Å². The average Bonchev–Trinajstić information content (AvgIpc) is 2.01. The predicted molar refractivity (Wildman–Crippen MR) is 61.4 cm³/mol. The maximum atomic E-state index is 9.86. The van der Waals surface area contributed by atoms with Gasteiger partial charge in [0.25, 0.3) is 0 Å². The van der Waals surface area contributed by atoms with Crippen molar-refractivity contribution in [3.05, 3.63) is 23.3 Å². The van der Waals surface area contributed by atoms with Crippen molar-refractivity contribution in [2.45, 2.75) is 47.5 Å². The standard InChI is InChI=1S/C6H10O2.C6H12/c1-5(2)3-4-6(7)8;1-4-5-6(2)3/h3H,4H2,1-2H3,(H,7,8);5H,4H2,1-3H3. The predicted octanol–water partition coefficient (Wildman–Crippen LogP) is 3.79. The summed E-state index contributed by atoms with van der Waals surface area (Å²) in [7, 11) is 0. The molecule has 82 valence electrons. The van der Waals surface area contributed by atoms with E-state index in [0.29, 0.717) is 0 Å². The second-order valence-corrected chi connectivity index (χ2v) is 3.57. The van der Waals surface area contributed by atoms with E-state index < -0.39 is 5.97 Å². The van der Waals surface area contributed by atoms with Crippen molar-refractivity contribution in [3.63, 3.8) is 0 Å². The van der Waals surface area contributed by atoms with Crippen molar-refractivity contribution in [2.24, 2.45) is 0 Å². The molecule has 0 saturated carbocycles. The number of rotatable bonds is 3. The SMILES string of the molecule is CC(C)=CCC(=O)O.CCC=C(C)C. The third-order valence-corrected chi connectivity index (χ3v) is 1.30. The number of carboxylic acid groups (broad SMARTS) is 1. The van der Waals surface area contributed by atoms with E-state index >= 15 is 0 Å². The molecule has 0 aliphatic carbocycles. The van der Waals surface area contributed by atoms with Crippen molar-refractivity contribution < 1.29 is 9.90 Å². The van der Waals surface area contributed by atoms with E-state index in [1.54, 1.807) is 6.08 Å². The Balaban J connectivity index is 0. The molecular weight excluding hydrogens is 176 g/mol. The Bertz CT molecular complexity index is 204. The third-order valence-electron chi connectivity index (χ3n) is 1.30. The van der Waals surface area contributed by atoms with Gasteiger partial charge in [-0.25, -0.2) is 0 Å². The lowest BCUT2D eigenvalue weighted by molar-refractivity contribution is -0.136. The normalized spacial score (nSPS) is 8.07. The molecule has 0 aromatic carbocycles. The Labute approximate surface area is 87.3 Å². The Morgan fingerprint density at radius 3 is 1.57 bits per heavy atom. The smallest absolute Gasteiger partial charge is 0.307 e. The highest BCUT2D eigenvalue weighted by Crippen LogP contribution is 1.91. The van der Waals surface area contributed by atoms with Crippen molar-refractivity contribution >= 4 is 5.97 Å². The van der Waals surface area contributed by atoms with Crippen LogP contribution in [0.15, 0.2) is 23.3 Å². The Morgan fingerprint density at radius 1 is 1.07 bits per heavy atom. The van der Waals surface area contributed by atoms with Crippen LogP contribution in [0.4, 0.5) is 0 Å². The fourth-order valence-electron chi connectivity index (χ4n) is 0.700. The van der Waals surface area contributed by atoms with E-state index in [0.717, 1.165) is 5.57 Å². The maximum Gasteiger partial charge on any atom is 0.307 e. The summed E-state index contributed by atoms with van der Waals surface area (Å²) in [6.45, 7) is 10.1. The van der Waals surface area contributed by atoms with Crippen LogP contribution >= 0.6 is 0 Å². The number of carbonyl (C=O) groups is 1. The minimum atomic E-state index is -0.772. The van der Waals surface area contributed by atoms with Gasteiger partial charge in [0.15, 0.2) is 0 Å². The van der Waals surface area contributed by atoms with Crippen molar-refractivity contribution in [2.75, 3.05) is 0 Å². The molecule has 0 atom stereocenters. The van der Waals surface area contributed by atoms with Gasteiger partial charge in [0.1, 0.15) is 0 Å². The maximum absolute atomic E-state index is 9.86. The van der Waals surface area contributed by atoms with Crippen molar-refractivity contribution in [1.82, 2.24) is 0 Å². The van der Waals surface area contributed by atoms with Gasteiger partial charge in [-0.05, 0) is 34.1 Å². The van der Waals surface area contributed by atoms with E-state index in [9.17, 15) is 4.79 Å². The van der Waals surface area contributed by atoms with Gasteiger partial charge >= 0.3 is 5.97 Å². The second-order valence-electron chi connectivity index (χ2n) is 3.57. The summed E-state index contributed by atoms with van der Waals surface area (Å²) >= 11 is 0. The number of hydrogen-bond donors (Lipinski definition) is 1. The zero-order chi connectivity index (χ0) is 11.6. The van der Waals surface area contributed by atoms with Gasteiger partial charge in [-0.3, -0.25) is 4.79 Å². The fourth-order valence-corrected chi connectivity index (χ4v) is 0.700. The molecule has 2 nitrogen and oxygen atoms in total. The number of hydrogen-bond acceptors (Lipinski definition) is 1. The summed E-state index contributed by atoms with van der Waals surface area (Å²) in [5.41, 5.74) is 2.46. The lowest BCUT2D eigenvalue weighted by Crippen LogP contribution is -1.90. The Kier molecular flexibility index (Phi) is 11.1. The molecule has 0 fully saturated rings. The van der Waals surface area contributed by atoms with Gasteiger partial charge in [0.05, 0.1) is 6.42 Å². The first kappa shape index (κ1) is 15.4. The zero-order valence-electron chi connectivity index (χ0n) is 9.92. The Hall–Kier alpha value is -1.05. The van der Waals surface area contributed by atoms with Gasteiger partial charge in [-0.2, -0.15) is 0 Å². The molecule has 1 N–H and O–H groups in total. The third kappa shape index (κ3) is 22.4. The average molecular weight is 198 g/mol. The molecule has 2 heteroatoms. The van der Waals surface area contributed by atoms with E-state index in [1.807, 2.05) is 13.8 Å². The first-order valence-electron chi connectivity index (χ1n) is 4.88. The van der Waals surface area contributed by atoms with E-state index in [4.69, 9.17) is 5.11 Å². The summed E-state index contributed by atoms with van der Waals surface area (Å²) < 4.78 is 0. The molecule has 0 amide bonds. The molecular formula is C12H22O2. The molecule has 0 saturated heterocycles. The van der Waals surface area contributed by atoms with Crippen LogP contribution in [0.3, 0.4) is 0 Å². The van der Waals surface area contributed by atoms with Crippen LogP contribution in [0, 0.1) is 0 Å². The zero-order valence-corrected chi connectivity index (χ0v) is 9.92. The molecule has 0 bridgehead atoms. The summed E-state index contributed by atoms with van der Waals surface area (Å²) in [6.07, 6.45) is 5.20. The summed E-state index contributed by atoms with van der Waals surface area (Å²) in [5.74, 6) is -0.772. The van der Waals surface area contributed by atoms with E-state index in [-0.39, 0.29) is 6.42 Å². The van der Waals surface area contributed by atoms with E-state index in [2.05, 4.69) is 26.8 Å². The molecule has 14 heavy (non-hydrogen) atoms. The second kappa shape index (κ2) is 10.0. The molecule has 0 radical (unpaired) electrons. The molecule has 0 aromatic heterocycles. The fraction of sp³-hybridized carbons (Fsp3) is 0.583. The summed E-state index contributed by atoms with van der Waals surface area (Å²) in [4.78, 5) is 9.86.